The number of phenolic OH excluding ortho intramolecular Hbond substituents is 1. The molecule has 1 fully saturated rings. The molecule has 2 aromatic rings. The molecular weight excluding hydrogens is 456 g/mol. The number of amides is 1. The van der Waals surface area contributed by atoms with Gasteiger partial charge < -0.3 is 30.2 Å². The average Bonchev–Trinajstić information content (AvgIpc) is 3.44. The van der Waals surface area contributed by atoms with E-state index in [1.807, 2.05) is 38.4 Å². The molecule has 2 unspecified atom stereocenters. The molecule has 0 spiro atoms. The van der Waals surface area contributed by atoms with Gasteiger partial charge in [0.2, 0.25) is 0 Å². The van der Waals surface area contributed by atoms with Gasteiger partial charge >= 0.3 is 0 Å². The van der Waals surface area contributed by atoms with Crippen molar-refractivity contribution in [2.24, 2.45) is 5.92 Å². The van der Waals surface area contributed by atoms with E-state index >= 15 is 0 Å². The Morgan fingerprint density at radius 3 is 2.69 bits per heavy atom. The van der Waals surface area contributed by atoms with E-state index in [2.05, 4.69) is 15.8 Å². The van der Waals surface area contributed by atoms with Crippen LogP contribution in [0.3, 0.4) is 0 Å². The van der Waals surface area contributed by atoms with Crippen molar-refractivity contribution in [3.63, 3.8) is 0 Å². The number of hydrazine groups is 1. The molecule has 2 aliphatic heterocycles. The van der Waals surface area contributed by atoms with Crippen molar-refractivity contribution in [1.29, 1.82) is 0 Å². The van der Waals surface area contributed by atoms with Gasteiger partial charge in [-0.1, -0.05) is 25.3 Å². The second-order valence-electron chi connectivity index (χ2n) is 10.3. The predicted molar refractivity (Wildman–Crippen MR) is 139 cm³/mol. The number of likely N-dealkylation sites (N-methyl/N-ethyl adjacent to an activating group) is 2. The molecule has 1 aliphatic carbocycles. The Morgan fingerprint density at radius 1 is 1.17 bits per heavy atom. The average molecular weight is 495 g/mol. The third-order valence-electron chi connectivity index (χ3n) is 7.94. The van der Waals surface area contributed by atoms with E-state index in [1.54, 1.807) is 18.1 Å². The number of rotatable bonds is 8. The Labute approximate surface area is 213 Å². The molecule has 1 saturated carbocycles. The van der Waals surface area contributed by atoms with E-state index < -0.39 is 0 Å². The van der Waals surface area contributed by atoms with Crippen molar-refractivity contribution in [3.8, 4) is 11.5 Å². The van der Waals surface area contributed by atoms with E-state index in [9.17, 15) is 9.90 Å². The standard InChI is InChI=1S/C28H38N4O4/c1-29-11-12-36-21-10-9-19-16-32(17-20(19)13-21)28(34)23-14-22-24(15-25(23)33)30-31(2)26(22)27(35-3)18-7-5-4-6-8-18/h9-10,13-15,18,26-27,29-30,33H,4-8,11-12,16-17H2,1-3H3. The van der Waals surface area contributed by atoms with Crippen LogP contribution in [0.15, 0.2) is 30.3 Å². The van der Waals surface area contributed by atoms with Crippen LogP contribution in [0, 0.1) is 5.92 Å². The fraction of sp³-hybridized carbons (Fsp3) is 0.536. The van der Waals surface area contributed by atoms with Crippen LogP contribution in [-0.4, -0.2) is 61.4 Å². The van der Waals surface area contributed by atoms with Gasteiger partial charge in [-0.25, -0.2) is 5.01 Å². The highest BCUT2D eigenvalue weighted by Gasteiger charge is 2.40. The highest BCUT2D eigenvalue weighted by molar-refractivity contribution is 5.98. The number of phenols is 1. The number of nitrogens with one attached hydrogen (secondary N) is 2. The van der Waals surface area contributed by atoms with Crippen LogP contribution in [0.4, 0.5) is 5.69 Å². The van der Waals surface area contributed by atoms with Crippen LogP contribution in [-0.2, 0) is 17.8 Å². The molecule has 2 aromatic carbocycles. The van der Waals surface area contributed by atoms with Gasteiger partial charge in [0.15, 0.2) is 0 Å². The predicted octanol–water partition coefficient (Wildman–Crippen LogP) is 4.06. The summed E-state index contributed by atoms with van der Waals surface area (Å²) in [5.74, 6) is 1.13. The smallest absolute Gasteiger partial charge is 0.258 e. The van der Waals surface area contributed by atoms with Crippen molar-refractivity contribution >= 4 is 11.6 Å². The first-order valence-electron chi connectivity index (χ1n) is 13.1. The number of carbonyl (C=O) groups is 1. The summed E-state index contributed by atoms with van der Waals surface area (Å²) < 4.78 is 11.9. The maximum absolute atomic E-state index is 13.6. The van der Waals surface area contributed by atoms with E-state index in [4.69, 9.17) is 9.47 Å². The first kappa shape index (κ1) is 24.9. The molecule has 0 bridgehead atoms. The third kappa shape index (κ3) is 4.77. The summed E-state index contributed by atoms with van der Waals surface area (Å²) in [6.45, 7) is 2.38. The number of ether oxygens (including phenoxy) is 2. The molecule has 2 atom stereocenters. The van der Waals surface area contributed by atoms with Crippen LogP contribution in [0.25, 0.3) is 0 Å². The molecule has 0 radical (unpaired) electrons. The second-order valence-corrected chi connectivity index (χ2v) is 10.3. The normalized spacial score (nSPS) is 20.6. The topological polar surface area (TPSA) is 86.3 Å². The van der Waals surface area contributed by atoms with Crippen LogP contribution in [0.2, 0.25) is 0 Å². The number of carbonyl (C=O) groups excluding carboxylic acids is 1. The zero-order valence-corrected chi connectivity index (χ0v) is 21.5. The molecule has 8 heteroatoms. The van der Waals surface area contributed by atoms with Gasteiger partial charge in [-0.05, 0) is 60.7 Å². The molecule has 2 heterocycles. The molecule has 0 saturated heterocycles. The SMILES string of the molecule is CNCCOc1ccc2c(c1)CN(C(=O)c1cc3c(cc1O)NN(C)C3C(OC)C1CCCCC1)C2. The van der Waals surface area contributed by atoms with Gasteiger partial charge in [-0.2, -0.15) is 0 Å². The summed E-state index contributed by atoms with van der Waals surface area (Å²) in [4.78, 5) is 15.4. The van der Waals surface area contributed by atoms with Crippen LogP contribution >= 0.6 is 0 Å². The number of methoxy groups -OCH3 is 1. The molecule has 36 heavy (non-hydrogen) atoms. The summed E-state index contributed by atoms with van der Waals surface area (Å²) in [6, 6.07) is 9.54. The van der Waals surface area contributed by atoms with Gasteiger partial charge in [-0.15, -0.1) is 0 Å². The van der Waals surface area contributed by atoms with E-state index in [-0.39, 0.29) is 23.8 Å². The Balaban J connectivity index is 1.36. The fourth-order valence-electron chi connectivity index (χ4n) is 6.07. The fourth-order valence-corrected chi connectivity index (χ4v) is 6.07. The number of anilines is 1. The molecular formula is C28H38N4O4. The lowest BCUT2D eigenvalue weighted by atomic mass is 9.80. The monoisotopic (exact) mass is 494 g/mol. The Hall–Kier alpha value is -2.81. The summed E-state index contributed by atoms with van der Waals surface area (Å²) in [5, 5.41) is 16.0. The van der Waals surface area contributed by atoms with Crippen molar-refractivity contribution < 1.29 is 19.4 Å². The van der Waals surface area contributed by atoms with Gasteiger partial charge in [0.25, 0.3) is 5.91 Å². The molecule has 1 amide bonds. The maximum Gasteiger partial charge on any atom is 0.258 e. The first-order chi connectivity index (χ1) is 17.5. The minimum atomic E-state index is -0.163. The van der Waals surface area contributed by atoms with Crippen molar-refractivity contribution in [1.82, 2.24) is 15.2 Å². The highest BCUT2D eigenvalue weighted by atomic mass is 16.5. The Bertz CT molecular complexity index is 1100. The maximum atomic E-state index is 13.6. The molecule has 194 valence electrons. The quantitative estimate of drug-likeness (QED) is 0.477. The number of nitrogens with zero attached hydrogens (tertiary/aromatic N) is 2. The molecule has 5 rings (SSSR count). The van der Waals surface area contributed by atoms with Crippen LogP contribution in [0.1, 0.15) is 65.2 Å². The first-order valence-corrected chi connectivity index (χ1v) is 13.1. The number of benzene rings is 2. The van der Waals surface area contributed by atoms with Gasteiger partial charge in [0, 0.05) is 39.9 Å². The number of hydrogen-bond donors (Lipinski definition) is 3. The molecule has 3 N–H and O–H groups in total. The molecule has 3 aliphatic rings. The van der Waals surface area contributed by atoms with E-state index in [0.29, 0.717) is 31.2 Å². The summed E-state index contributed by atoms with van der Waals surface area (Å²) in [7, 11) is 5.69. The third-order valence-corrected chi connectivity index (χ3v) is 7.94. The summed E-state index contributed by atoms with van der Waals surface area (Å²) in [5.41, 5.74) is 7.75. The number of hydrogen-bond acceptors (Lipinski definition) is 7. The minimum absolute atomic E-state index is 0.000947. The van der Waals surface area contributed by atoms with Crippen molar-refractivity contribution in [2.75, 3.05) is 39.8 Å². The Kier molecular flexibility index (Phi) is 7.37. The van der Waals surface area contributed by atoms with E-state index in [0.717, 1.165) is 47.5 Å². The largest absolute Gasteiger partial charge is 0.507 e. The lowest BCUT2D eigenvalue weighted by Gasteiger charge is -2.36. The van der Waals surface area contributed by atoms with Gasteiger partial charge in [-0.3, -0.25) is 4.79 Å². The Morgan fingerprint density at radius 2 is 1.94 bits per heavy atom. The lowest BCUT2D eigenvalue weighted by Crippen LogP contribution is -2.38. The zero-order valence-electron chi connectivity index (χ0n) is 21.5. The van der Waals surface area contributed by atoms with Gasteiger partial charge in [0.05, 0.1) is 23.4 Å². The highest BCUT2D eigenvalue weighted by Crippen LogP contribution is 2.45. The van der Waals surface area contributed by atoms with Gasteiger partial charge in [0.1, 0.15) is 18.1 Å². The zero-order chi connectivity index (χ0) is 25.2. The van der Waals surface area contributed by atoms with Crippen LogP contribution in [0.5, 0.6) is 11.5 Å². The lowest BCUT2D eigenvalue weighted by molar-refractivity contribution is -0.0163. The second kappa shape index (κ2) is 10.7. The van der Waals surface area contributed by atoms with Crippen molar-refractivity contribution in [3.05, 3.63) is 52.6 Å². The number of aromatic hydroxyl groups is 1. The van der Waals surface area contributed by atoms with E-state index in [1.165, 1.54) is 19.3 Å². The number of fused-ring (bicyclic) bond motifs is 2. The van der Waals surface area contributed by atoms with Crippen molar-refractivity contribution in [2.45, 2.75) is 57.3 Å². The minimum Gasteiger partial charge on any atom is -0.507 e. The summed E-state index contributed by atoms with van der Waals surface area (Å²) >= 11 is 0. The molecule has 0 aromatic heterocycles. The summed E-state index contributed by atoms with van der Waals surface area (Å²) in [6.07, 6.45) is 6.10. The van der Waals surface area contributed by atoms with Crippen LogP contribution < -0.4 is 15.5 Å². The molecule has 8 nitrogen and oxygen atoms in total.